The van der Waals surface area contributed by atoms with Gasteiger partial charge in [-0.1, -0.05) is 11.6 Å². The first kappa shape index (κ1) is 8.63. The average molecular weight is 202 g/mol. The molecule has 0 saturated heterocycles. The number of rotatable bonds is 0. The third kappa shape index (κ3) is 1.70. The number of hydrogen-bond donors (Lipinski definition) is 1. The minimum atomic E-state index is -0.346. The van der Waals surface area contributed by atoms with Crippen LogP contribution in [0.1, 0.15) is 6.42 Å². The van der Waals surface area contributed by atoms with E-state index < -0.39 is 0 Å². The van der Waals surface area contributed by atoms with Gasteiger partial charge in [0.15, 0.2) is 5.75 Å². The highest BCUT2D eigenvalue weighted by Gasteiger charge is 2.13. The molecule has 2 nitrogen and oxygen atoms in total. The Morgan fingerprint density at radius 2 is 2.31 bits per heavy atom. The zero-order chi connectivity index (χ0) is 9.26. The third-order valence-corrected chi connectivity index (χ3v) is 2.17. The van der Waals surface area contributed by atoms with Crippen molar-refractivity contribution in [3.05, 3.63) is 23.0 Å². The van der Waals surface area contributed by atoms with Crippen molar-refractivity contribution >= 4 is 17.3 Å². The van der Waals surface area contributed by atoms with E-state index in [1.165, 1.54) is 12.1 Å². The van der Waals surface area contributed by atoms with Crippen molar-refractivity contribution in [1.29, 1.82) is 0 Å². The van der Waals surface area contributed by atoms with Crippen molar-refractivity contribution in [3.63, 3.8) is 0 Å². The fourth-order valence-electron chi connectivity index (χ4n) is 1.31. The number of anilines is 1. The largest absolute Gasteiger partial charge is 0.490 e. The van der Waals surface area contributed by atoms with E-state index >= 15 is 0 Å². The molecule has 0 atom stereocenters. The van der Waals surface area contributed by atoms with Gasteiger partial charge in [0.2, 0.25) is 0 Å². The highest BCUT2D eigenvalue weighted by molar-refractivity contribution is 6.32. The van der Waals surface area contributed by atoms with Crippen LogP contribution < -0.4 is 10.1 Å². The maximum atomic E-state index is 12.9. The maximum Gasteiger partial charge on any atom is 0.161 e. The van der Waals surface area contributed by atoms with Gasteiger partial charge < -0.3 is 10.1 Å². The van der Waals surface area contributed by atoms with Crippen molar-refractivity contribution in [2.75, 3.05) is 18.5 Å². The number of halogens is 2. The second kappa shape index (κ2) is 3.42. The fraction of sp³-hybridized carbons (Fsp3) is 0.333. The van der Waals surface area contributed by atoms with Crippen molar-refractivity contribution in [1.82, 2.24) is 0 Å². The number of benzene rings is 1. The van der Waals surface area contributed by atoms with E-state index in [1.807, 2.05) is 0 Å². The van der Waals surface area contributed by atoms with E-state index in [4.69, 9.17) is 16.3 Å². The molecule has 0 spiro atoms. The quantitative estimate of drug-likeness (QED) is 0.697. The van der Waals surface area contributed by atoms with Crippen molar-refractivity contribution in [2.45, 2.75) is 6.42 Å². The topological polar surface area (TPSA) is 21.3 Å². The number of nitrogens with one attached hydrogen (secondary N) is 1. The lowest BCUT2D eigenvalue weighted by atomic mass is 10.3. The Labute approximate surface area is 80.7 Å². The molecule has 0 aromatic heterocycles. The molecular weight excluding hydrogens is 193 g/mol. The van der Waals surface area contributed by atoms with E-state index in [9.17, 15) is 4.39 Å². The highest BCUT2D eigenvalue weighted by Crippen LogP contribution is 2.35. The van der Waals surface area contributed by atoms with Crippen molar-refractivity contribution in [2.24, 2.45) is 0 Å². The molecule has 0 unspecified atom stereocenters. The van der Waals surface area contributed by atoms with Gasteiger partial charge in [-0.05, 0) is 12.5 Å². The van der Waals surface area contributed by atoms with Gasteiger partial charge in [-0.15, -0.1) is 0 Å². The van der Waals surface area contributed by atoms with Crippen LogP contribution in [0.15, 0.2) is 12.1 Å². The van der Waals surface area contributed by atoms with Crippen LogP contribution in [0.4, 0.5) is 10.1 Å². The average Bonchev–Trinajstić information content (AvgIpc) is 2.28. The zero-order valence-electron chi connectivity index (χ0n) is 6.94. The SMILES string of the molecule is Fc1cc(Cl)c2c(c1)NCCCO2. The predicted molar refractivity (Wildman–Crippen MR) is 50.0 cm³/mol. The molecule has 0 bridgehead atoms. The van der Waals surface area contributed by atoms with Gasteiger partial charge in [0.1, 0.15) is 5.82 Å². The van der Waals surface area contributed by atoms with E-state index in [1.54, 1.807) is 0 Å². The minimum Gasteiger partial charge on any atom is -0.490 e. The minimum absolute atomic E-state index is 0.324. The Morgan fingerprint density at radius 3 is 3.15 bits per heavy atom. The van der Waals surface area contributed by atoms with Crippen LogP contribution in [0.25, 0.3) is 0 Å². The van der Waals surface area contributed by atoms with E-state index in [0.29, 0.717) is 23.1 Å². The lowest BCUT2D eigenvalue weighted by Crippen LogP contribution is -2.00. The van der Waals surface area contributed by atoms with Gasteiger partial charge in [-0.25, -0.2) is 4.39 Å². The summed E-state index contributed by atoms with van der Waals surface area (Å²) in [5, 5.41) is 3.38. The van der Waals surface area contributed by atoms with Crippen LogP contribution in [-0.4, -0.2) is 13.2 Å². The van der Waals surface area contributed by atoms with Gasteiger partial charge in [0.25, 0.3) is 0 Å². The molecule has 1 aromatic rings. The van der Waals surface area contributed by atoms with Crippen LogP contribution >= 0.6 is 11.6 Å². The van der Waals surface area contributed by atoms with Crippen molar-refractivity contribution in [3.8, 4) is 5.75 Å². The second-order valence-electron chi connectivity index (χ2n) is 2.89. The smallest absolute Gasteiger partial charge is 0.161 e. The molecule has 1 heterocycles. The van der Waals surface area contributed by atoms with Crippen LogP contribution in [0.5, 0.6) is 5.75 Å². The van der Waals surface area contributed by atoms with Gasteiger partial charge in [-0.2, -0.15) is 0 Å². The van der Waals surface area contributed by atoms with E-state index in [0.717, 1.165) is 13.0 Å². The van der Waals surface area contributed by atoms with Crippen LogP contribution in [-0.2, 0) is 0 Å². The first-order chi connectivity index (χ1) is 6.27. The molecule has 1 N–H and O–H groups in total. The Hall–Kier alpha value is -0.960. The van der Waals surface area contributed by atoms with E-state index in [2.05, 4.69) is 5.32 Å². The van der Waals surface area contributed by atoms with Gasteiger partial charge in [-0.3, -0.25) is 0 Å². The van der Waals surface area contributed by atoms with Gasteiger partial charge >= 0.3 is 0 Å². The third-order valence-electron chi connectivity index (χ3n) is 1.89. The molecule has 2 rings (SSSR count). The first-order valence-corrected chi connectivity index (χ1v) is 4.51. The normalized spacial score (nSPS) is 15.2. The molecule has 1 aliphatic rings. The number of hydrogen-bond acceptors (Lipinski definition) is 2. The van der Waals surface area contributed by atoms with Crippen LogP contribution in [0.3, 0.4) is 0 Å². The summed E-state index contributed by atoms with van der Waals surface area (Å²) < 4.78 is 18.3. The Balaban J connectivity index is 2.47. The van der Waals surface area contributed by atoms with Crippen molar-refractivity contribution < 1.29 is 9.13 Å². The molecule has 13 heavy (non-hydrogen) atoms. The summed E-state index contributed by atoms with van der Waals surface area (Å²) in [5.41, 5.74) is 0.641. The number of fused-ring (bicyclic) bond motifs is 1. The summed E-state index contributed by atoms with van der Waals surface area (Å²) in [5.74, 6) is 0.210. The zero-order valence-corrected chi connectivity index (χ0v) is 7.70. The highest BCUT2D eigenvalue weighted by atomic mass is 35.5. The monoisotopic (exact) mass is 201 g/mol. The summed E-state index contributed by atoms with van der Waals surface area (Å²) in [7, 11) is 0. The van der Waals surface area contributed by atoms with Crippen LogP contribution in [0.2, 0.25) is 5.02 Å². The molecule has 0 aliphatic carbocycles. The molecule has 0 saturated carbocycles. The molecule has 1 aromatic carbocycles. The summed E-state index contributed by atoms with van der Waals surface area (Å²) in [6.45, 7) is 1.40. The summed E-state index contributed by atoms with van der Waals surface area (Å²) in [4.78, 5) is 0. The molecule has 4 heteroatoms. The molecule has 70 valence electrons. The molecule has 0 radical (unpaired) electrons. The lowest BCUT2D eigenvalue weighted by Gasteiger charge is -2.08. The summed E-state index contributed by atoms with van der Waals surface area (Å²) in [6.07, 6.45) is 0.895. The Bertz CT molecular complexity index is 330. The fourth-order valence-corrected chi connectivity index (χ4v) is 1.57. The van der Waals surface area contributed by atoms with Crippen LogP contribution in [0, 0.1) is 5.82 Å². The second-order valence-corrected chi connectivity index (χ2v) is 3.30. The standard InChI is InChI=1S/C9H9ClFNO/c10-7-4-6(11)5-8-9(7)13-3-1-2-12-8/h4-5,12H,1-3H2. The predicted octanol–water partition coefficient (Wildman–Crippen LogP) is 2.67. The Kier molecular flexibility index (Phi) is 2.27. The molecule has 0 amide bonds. The van der Waals surface area contributed by atoms with Gasteiger partial charge in [0.05, 0.1) is 17.3 Å². The number of ether oxygens (including phenoxy) is 1. The lowest BCUT2D eigenvalue weighted by molar-refractivity contribution is 0.323. The molecule has 1 aliphatic heterocycles. The van der Waals surface area contributed by atoms with Gasteiger partial charge in [0, 0.05) is 12.6 Å². The summed E-state index contributed by atoms with van der Waals surface area (Å²) >= 11 is 5.81. The Morgan fingerprint density at radius 1 is 1.46 bits per heavy atom. The van der Waals surface area contributed by atoms with E-state index in [-0.39, 0.29) is 5.82 Å². The molecule has 0 fully saturated rings. The summed E-state index contributed by atoms with van der Waals surface area (Å²) in [6, 6.07) is 2.65. The first-order valence-electron chi connectivity index (χ1n) is 4.13. The molecular formula is C9H9ClFNO. The maximum absolute atomic E-state index is 12.9.